The van der Waals surface area contributed by atoms with Crippen molar-refractivity contribution in [2.24, 2.45) is 0 Å². The molecule has 0 saturated heterocycles. The molecular weight excluding hydrogens is 258 g/mol. The van der Waals surface area contributed by atoms with E-state index < -0.39 is 0 Å². The Labute approximate surface area is 125 Å². The van der Waals surface area contributed by atoms with Crippen LogP contribution in [-0.2, 0) is 13.1 Å². The summed E-state index contributed by atoms with van der Waals surface area (Å²) in [4.78, 5) is 2.34. The molecule has 0 bridgehead atoms. The monoisotopic (exact) mass is 277 g/mol. The predicted molar refractivity (Wildman–Crippen MR) is 83.5 cm³/mol. The Kier molecular flexibility index (Phi) is 4.01. The first kappa shape index (κ1) is 13.8. The van der Waals surface area contributed by atoms with Crippen molar-refractivity contribution in [3.63, 3.8) is 0 Å². The van der Waals surface area contributed by atoms with E-state index in [0.29, 0.717) is 6.04 Å². The van der Waals surface area contributed by atoms with Crippen molar-refractivity contribution in [1.82, 2.24) is 10.2 Å². The number of nitrogens with zero attached hydrogens (tertiary/aromatic N) is 2. The maximum absolute atomic E-state index is 8.97. The fraction of sp³-hybridized carbons (Fsp3) is 0.278. The van der Waals surface area contributed by atoms with E-state index in [4.69, 9.17) is 5.26 Å². The van der Waals surface area contributed by atoms with Crippen LogP contribution in [-0.4, -0.2) is 18.5 Å². The number of nitriles is 1. The zero-order valence-electron chi connectivity index (χ0n) is 12.2. The molecule has 3 rings (SSSR count). The van der Waals surface area contributed by atoms with Crippen LogP contribution in [0.5, 0.6) is 0 Å². The van der Waals surface area contributed by atoms with Crippen LogP contribution in [0, 0.1) is 11.3 Å². The highest BCUT2D eigenvalue weighted by molar-refractivity contribution is 5.34. The number of nitrogens with one attached hydrogen (secondary N) is 1. The van der Waals surface area contributed by atoms with Gasteiger partial charge in [-0.15, -0.1) is 0 Å². The highest BCUT2D eigenvalue weighted by Crippen LogP contribution is 2.25. The van der Waals surface area contributed by atoms with Crippen LogP contribution >= 0.6 is 0 Å². The number of hydrogen-bond acceptors (Lipinski definition) is 3. The third-order valence-electron chi connectivity index (χ3n) is 3.97. The lowest BCUT2D eigenvalue weighted by atomic mass is 9.95. The Balaban J connectivity index is 1.75. The summed E-state index contributed by atoms with van der Waals surface area (Å²) in [7, 11) is 2.15. The molecule has 3 nitrogen and oxygen atoms in total. The molecule has 1 N–H and O–H groups in total. The minimum atomic E-state index is 0.339. The lowest BCUT2D eigenvalue weighted by molar-refractivity contribution is 0.259. The number of hydrogen-bond donors (Lipinski definition) is 1. The Hall–Kier alpha value is -2.15. The first-order chi connectivity index (χ1) is 10.3. The molecule has 1 aliphatic heterocycles. The third-order valence-corrected chi connectivity index (χ3v) is 3.97. The molecule has 0 spiro atoms. The predicted octanol–water partition coefficient (Wildman–Crippen LogP) is 2.83. The van der Waals surface area contributed by atoms with Crippen LogP contribution in [0.25, 0.3) is 0 Å². The van der Waals surface area contributed by atoms with Gasteiger partial charge in [0.15, 0.2) is 0 Å². The van der Waals surface area contributed by atoms with E-state index in [-0.39, 0.29) is 0 Å². The summed E-state index contributed by atoms with van der Waals surface area (Å²) in [6, 6.07) is 19.0. The third kappa shape index (κ3) is 3.13. The Bertz CT molecular complexity index is 672. The summed E-state index contributed by atoms with van der Waals surface area (Å²) < 4.78 is 0. The molecule has 0 fully saturated rings. The van der Waals surface area contributed by atoms with Crippen LogP contribution in [0.1, 0.15) is 28.3 Å². The van der Waals surface area contributed by atoms with Crippen LogP contribution in [0.4, 0.5) is 0 Å². The van der Waals surface area contributed by atoms with Gasteiger partial charge in [0.25, 0.3) is 0 Å². The molecule has 2 aromatic carbocycles. The van der Waals surface area contributed by atoms with Gasteiger partial charge in [-0.3, -0.25) is 0 Å². The molecule has 1 atom stereocenters. The summed E-state index contributed by atoms with van der Waals surface area (Å²) in [6.45, 7) is 2.80. The van der Waals surface area contributed by atoms with Gasteiger partial charge in [0.05, 0.1) is 11.6 Å². The zero-order valence-corrected chi connectivity index (χ0v) is 12.2. The first-order valence-electron chi connectivity index (χ1n) is 7.25. The first-order valence-corrected chi connectivity index (χ1v) is 7.25. The Morgan fingerprint density at radius 2 is 2.10 bits per heavy atom. The molecule has 0 aromatic heterocycles. The second-order valence-corrected chi connectivity index (χ2v) is 5.64. The van der Waals surface area contributed by atoms with Gasteiger partial charge in [-0.25, -0.2) is 0 Å². The molecule has 0 radical (unpaired) electrons. The van der Waals surface area contributed by atoms with Gasteiger partial charge in [-0.05, 0) is 35.9 Å². The minimum absolute atomic E-state index is 0.339. The average Bonchev–Trinajstić information content (AvgIpc) is 2.52. The van der Waals surface area contributed by atoms with Gasteiger partial charge in [0, 0.05) is 25.7 Å². The summed E-state index contributed by atoms with van der Waals surface area (Å²) in [5.41, 5.74) is 4.66. The molecule has 21 heavy (non-hydrogen) atoms. The van der Waals surface area contributed by atoms with E-state index in [1.54, 1.807) is 0 Å². The standard InChI is InChI=1S/C18H19N3/c1-21-12-16-7-2-3-8-17(16)18(13-21)20-11-15-6-4-5-14(9-15)10-19/h2-9,18,20H,11-13H2,1H3. The second kappa shape index (κ2) is 6.09. The second-order valence-electron chi connectivity index (χ2n) is 5.64. The highest BCUT2D eigenvalue weighted by atomic mass is 15.1. The number of benzene rings is 2. The Morgan fingerprint density at radius 1 is 1.24 bits per heavy atom. The summed E-state index contributed by atoms with van der Waals surface area (Å²) >= 11 is 0. The van der Waals surface area contributed by atoms with Gasteiger partial charge in [-0.2, -0.15) is 5.26 Å². The zero-order chi connectivity index (χ0) is 14.7. The van der Waals surface area contributed by atoms with E-state index in [1.807, 2.05) is 18.2 Å². The normalized spacial score (nSPS) is 18.0. The average molecular weight is 277 g/mol. The van der Waals surface area contributed by atoms with Crippen LogP contribution in [0.3, 0.4) is 0 Å². The summed E-state index contributed by atoms with van der Waals surface area (Å²) in [6.07, 6.45) is 0. The van der Waals surface area contributed by atoms with Crippen molar-refractivity contribution in [3.8, 4) is 6.07 Å². The van der Waals surface area contributed by atoms with Crippen LogP contribution in [0.15, 0.2) is 48.5 Å². The van der Waals surface area contributed by atoms with Gasteiger partial charge in [0.1, 0.15) is 0 Å². The molecule has 106 valence electrons. The van der Waals surface area contributed by atoms with Crippen molar-refractivity contribution in [3.05, 3.63) is 70.8 Å². The van der Waals surface area contributed by atoms with Crippen LogP contribution < -0.4 is 5.32 Å². The quantitative estimate of drug-likeness (QED) is 0.937. The fourth-order valence-electron chi connectivity index (χ4n) is 2.95. The fourth-order valence-corrected chi connectivity index (χ4v) is 2.95. The molecular formula is C18H19N3. The largest absolute Gasteiger partial charge is 0.305 e. The molecule has 0 aliphatic carbocycles. The maximum Gasteiger partial charge on any atom is 0.0991 e. The Morgan fingerprint density at radius 3 is 2.95 bits per heavy atom. The summed E-state index contributed by atoms with van der Waals surface area (Å²) in [5.74, 6) is 0. The van der Waals surface area contributed by atoms with Crippen molar-refractivity contribution < 1.29 is 0 Å². The van der Waals surface area contributed by atoms with Crippen molar-refractivity contribution >= 4 is 0 Å². The minimum Gasteiger partial charge on any atom is -0.305 e. The highest BCUT2D eigenvalue weighted by Gasteiger charge is 2.22. The molecule has 1 heterocycles. The molecule has 1 aliphatic rings. The van der Waals surface area contributed by atoms with Gasteiger partial charge >= 0.3 is 0 Å². The SMILES string of the molecule is CN1Cc2ccccc2C(NCc2cccc(C#N)c2)C1. The van der Waals surface area contributed by atoms with E-state index in [2.05, 4.69) is 53.7 Å². The topological polar surface area (TPSA) is 39.1 Å². The maximum atomic E-state index is 8.97. The van der Waals surface area contributed by atoms with Gasteiger partial charge in [-0.1, -0.05) is 36.4 Å². The summed E-state index contributed by atoms with van der Waals surface area (Å²) in [5, 5.41) is 12.6. The van der Waals surface area contributed by atoms with E-state index in [0.717, 1.165) is 30.8 Å². The van der Waals surface area contributed by atoms with E-state index in [9.17, 15) is 0 Å². The molecule has 0 saturated carbocycles. The van der Waals surface area contributed by atoms with E-state index in [1.165, 1.54) is 11.1 Å². The van der Waals surface area contributed by atoms with Crippen LogP contribution in [0.2, 0.25) is 0 Å². The lowest BCUT2D eigenvalue weighted by Gasteiger charge is -2.33. The lowest BCUT2D eigenvalue weighted by Crippen LogP contribution is -2.37. The number of likely N-dealkylation sites (N-methyl/N-ethyl adjacent to an activating group) is 1. The number of fused-ring (bicyclic) bond motifs is 1. The van der Waals surface area contributed by atoms with Crippen molar-refractivity contribution in [1.29, 1.82) is 5.26 Å². The van der Waals surface area contributed by atoms with Gasteiger partial charge in [0.2, 0.25) is 0 Å². The van der Waals surface area contributed by atoms with Crippen molar-refractivity contribution in [2.45, 2.75) is 19.1 Å². The van der Waals surface area contributed by atoms with Crippen molar-refractivity contribution in [2.75, 3.05) is 13.6 Å². The van der Waals surface area contributed by atoms with E-state index >= 15 is 0 Å². The van der Waals surface area contributed by atoms with Gasteiger partial charge < -0.3 is 10.2 Å². The molecule has 0 amide bonds. The molecule has 1 unspecified atom stereocenters. The number of rotatable bonds is 3. The smallest absolute Gasteiger partial charge is 0.0991 e. The molecule has 3 heteroatoms. The molecule has 2 aromatic rings.